The van der Waals surface area contributed by atoms with Gasteiger partial charge in [0.15, 0.2) is 5.82 Å². The minimum absolute atomic E-state index is 0.0165. The molecular formula is C23H29N7O3. The van der Waals surface area contributed by atoms with Gasteiger partial charge in [-0.25, -0.2) is 4.98 Å². The van der Waals surface area contributed by atoms with E-state index in [-0.39, 0.29) is 34.3 Å². The monoisotopic (exact) mass is 451 g/mol. The van der Waals surface area contributed by atoms with Gasteiger partial charge in [0.05, 0.1) is 16.8 Å². The number of carbonyl (C=O) groups is 2. The quantitative estimate of drug-likeness (QED) is 0.529. The van der Waals surface area contributed by atoms with Gasteiger partial charge in [0.1, 0.15) is 11.2 Å². The van der Waals surface area contributed by atoms with Gasteiger partial charge < -0.3 is 20.5 Å². The van der Waals surface area contributed by atoms with E-state index in [4.69, 9.17) is 0 Å². The number of pyridine rings is 2. The Kier molecular flexibility index (Phi) is 5.69. The number of hydrogen-bond acceptors (Lipinski definition) is 6. The number of nitrogens with zero attached hydrogens (tertiary/aromatic N) is 4. The molecular weight excluding hydrogens is 422 g/mol. The Morgan fingerprint density at radius 2 is 1.97 bits per heavy atom. The van der Waals surface area contributed by atoms with Crippen LogP contribution >= 0.6 is 0 Å². The lowest BCUT2D eigenvalue weighted by Crippen LogP contribution is -2.26. The Bertz CT molecular complexity index is 1300. The highest BCUT2D eigenvalue weighted by atomic mass is 16.2. The van der Waals surface area contributed by atoms with Gasteiger partial charge in [-0.15, -0.1) is 0 Å². The lowest BCUT2D eigenvalue weighted by Gasteiger charge is -2.19. The molecule has 2 amide bonds. The number of carbonyl (C=O) groups excluding carboxylic acids is 2. The van der Waals surface area contributed by atoms with Crippen molar-refractivity contribution < 1.29 is 9.59 Å². The molecule has 0 atom stereocenters. The minimum Gasteiger partial charge on any atom is -0.355 e. The van der Waals surface area contributed by atoms with Crippen LogP contribution in [-0.2, 0) is 18.4 Å². The summed E-state index contributed by atoms with van der Waals surface area (Å²) in [6, 6.07) is 3.44. The summed E-state index contributed by atoms with van der Waals surface area (Å²) in [6.45, 7) is 6.74. The Labute approximate surface area is 191 Å². The van der Waals surface area contributed by atoms with Crippen molar-refractivity contribution in [3.05, 3.63) is 40.4 Å². The number of fused-ring (bicyclic) bond motifs is 1. The molecule has 3 heterocycles. The summed E-state index contributed by atoms with van der Waals surface area (Å²) >= 11 is 0. The molecule has 4 rings (SSSR count). The Morgan fingerprint density at radius 3 is 2.61 bits per heavy atom. The molecule has 174 valence electrons. The standard InChI is InChI=1S/C23H29N7O3/c1-23(2,3)12-30-9-8-16-18(22(30)33)19(28-29(16)5)26-15-10-17(27-20(31)13-6-7-13)25-11-14(15)21(32)24-4/h8-11,13H,6-7,12H2,1-5H3,(H,24,32)(H2,25,26,27,28,31). The first-order valence-corrected chi connectivity index (χ1v) is 10.9. The topological polar surface area (TPSA) is 123 Å². The molecule has 0 aliphatic heterocycles. The van der Waals surface area contributed by atoms with E-state index in [0.29, 0.717) is 34.8 Å². The van der Waals surface area contributed by atoms with E-state index in [2.05, 4.69) is 46.8 Å². The predicted octanol–water partition coefficient (Wildman–Crippen LogP) is 2.63. The molecule has 33 heavy (non-hydrogen) atoms. The maximum Gasteiger partial charge on any atom is 0.263 e. The molecule has 0 aromatic carbocycles. The van der Waals surface area contributed by atoms with Crippen LogP contribution in [0.15, 0.2) is 29.3 Å². The van der Waals surface area contributed by atoms with Gasteiger partial charge in [0, 0.05) is 45.0 Å². The zero-order valence-corrected chi connectivity index (χ0v) is 19.5. The first-order chi connectivity index (χ1) is 15.6. The Morgan fingerprint density at radius 1 is 1.24 bits per heavy atom. The molecule has 3 N–H and O–H groups in total. The fourth-order valence-corrected chi connectivity index (χ4v) is 3.68. The van der Waals surface area contributed by atoms with E-state index in [1.54, 1.807) is 28.6 Å². The summed E-state index contributed by atoms with van der Waals surface area (Å²) in [4.78, 5) is 42.2. The molecule has 1 fully saturated rings. The number of rotatable bonds is 6. The van der Waals surface area contributed by atoms with Crippen LogP contribution in [0.2, 0.25) is 0 Å². The first-order valence-electron chi connectivity index (χ1n) is 10.9. The van der Waals surface area contributed by atoms with E-state index in [9.17, 15) is 14.4 Å². The van der Waals surface area contributed by atoms with Crippen LogP contribution in [-0.4, -0.2) is 38.2 Å². The van der Waals surface area contributed by atoms with E-state index in [0.717, 1.165) is 12.8 Å². The molecule has 1 aliphatic rings. The fraction of sp³-hybridized carbons (Fsp3) is 0.435. The second kappa shape index (κ2) is 8.34. The molecule has 3 aromatic rings. The molecule has 0 unspecified atom stereocenters. The zero-order chi connectivity index (χ0) is 23.9. The fourth-order valence-electron chi connectivity index (χ4n) is 3.68. The average Bonchev–Trinajstić information content (AvgIpc) is 3.54. The number of amides is 2. The molecule has 10 nitrogen and oxygen atoms in total. The third kappa shape index (κ3) is 4.74. The Hall–Kier alpha value is -3.69. The van der Waals surface area contributed by atoms with Gasteiger partial charge in [-0.1, -0.05) is 20.8 Å². The molecule has 3 aromatic heterocycles. The van der Waals surface area contributed by atoms with Crippen LogP contribution in [0.1, 0.15) is 44.0 Å². The van der Waals surface area contributed by atoms with Gasteiger partial charge in [0.2, 0.25) is 5.91 Å². The summed E-state index contributed by atoms with van der Waals surface area (Å²) in [5.41, 5.74) is 1.08. The van der Waals surface area contributed by atoms with Crippen molar-refractivity contribution in [1.82, 2.24) is 24.6 Å². The van der Waals surface area contributed by atoms with Gasteiger partial charge in [-0.2, -0.15) is 5.10 Å². The van der Waals surface area contributed by atoms with Crippen LogP contribution in [0.25, 0.3) is 10.9 Å². The molecule has 0 bridgehead atoms. The predicted molar refractivity (Wildman–Crippen MR) is 127 cm³/mol. The van der Waals surface area contributed by atoms with Gasteiger partial charge in [-0.3, -0.25) is 19.1 Å². The highest BCUT2D eigenvalue weighted by molar-refractivity contribution is 6.02. The summed E-state index contributed by atoms with van der Waals surface area (Å²) in [5.74, 6) is 0.233. The SMILES string of the molecule is CNC(=O)c1cnc(NC(=O)C2CC2)cc1Nc1nn(C)c2ccn(CC(C)(C)C)c(=O)c12. The van der Waals surface area contributed by atoms with Crippen molar-refractivity contribution in [3.8, 4) is 0 Å². The van der Waals surface area contributed by atoms with Crippen molar-refractivity contribution in [2.24, 2.45) is 18.4 Å². The van der Waals surface area contributed by atoms with Crippen LogP contribution in [0, 0.1) is 11.3 Å². The number of aryl methyl sites for hydroxylation is 1. The van der Waals surface area contributed by atoms with Gasteiger partial charge in [-0.05, 0) is 24.3 Å². The number of aromatic nitrogens is 4. The van der Waals surface area contributed by atoms with E-state index >= 15 is 0 Å². The summed E-state index contributed by atoms with van der Waals surface area (Å²) in [7, 11) is 3.28. The van der Waals surface area contributed by atoms with E-state index < -0.39 is 0 Å². The summed E-state index contributed by atoms with van der Waals surface area (Å²) in [5, 5.41) is 13.4. The normalized spacial score (nSPS) is 13.7. The second-order valence-electron chi connectivity index (χ2n) is 9.62. The molecule has 0 spiro atoms. The highest BCUT2D eigenvalue weighted by Crippen LogP contribution is 2.31. The molecule has 0 saturated heterocycles. The van der Waals surface area contributed by atoms with Gasteiger partial charge >= 0.3 is 0 Å². The lowest BCUT2D eigenvalue weighted by atomic mass is 9.97. The number of nitrogens with one attached hydrogen (secondary N) is 3. The van der Waals surface area contributed by atoms with Crippen LogP contribution in [0.3, 0.4) is 0 Å². The van der Waals surface area contributed by atoms with Crippen LogP contribution in [0.5, 0.6) is 0 Å². The third-order valence-electron chi connectivity index (χ3n) is 5.45. The average molecular weight is 452 g/mol. The van der Waals surface area contributed by atoms with Crippen molar-refractivity contribution in [1.29, 1.82) is 0 Å². The third-order valence-corrected chi connectivity index (χ3v) is 5.45. The molecule has 1 aliphatic carbocycles. The van der Waals surface area contributed by atoms with E-state index in [1.807, 2.05) is 6.07 Å². The zero-order valence-electron chi connectivity index (χ0n) is 19.5. The molecule has 1 saturated carbocycles. The smallest absolute Gasteiger partial charge is 0.263 e. The molecule has 0 radical (unpaired) electrons. The minimum atomic E-state index is -0.351. The summed E-state index contributed by atoms with van der Waals surface area (Å²) in [6.07, 6.45) is 4.91. The molecule has 10 heteroatoms. The number of hydrogen-bond donors (Lipinski definition) is 3. The lowest BCUT2D eigenvalue weighted by molar-refractivity contribution is -0.117. The van der Waals surface area contributed by atoms with Crippen LogP contribution < -0.4 is 21.5 Å². The largest absolute Gasteiger partial charge is 0.355 e. The second-order valence-corrected chi connectivity index (χ2v) is 9.62. The van der Waals surface area contributed by atoms with Gasteiger partial charge in [0.25, 0.3) is 11.5 Å². The summed E-state index contributed by atoms with van der Waals surface area (Å²) < 4.78 is 3.29. The maximum atomic E-state index is 13.3. The van der Waals surface area contributed by atoms with Crippen LogP contribution in [0.4, 0.5) is 17.3 Å². The van der Waals surface area contributed by atoms with E-state index in [1.165, 1.54) is 13.2 Å². The van der Waals surface area contributed by atoms with Crippen molar-refractivity contribution in [3.63, 3.8) is 0 Å². The maximum absolute atomic E-state index is 13.3. The first kappa shape index (κ1) is 22.5. The van der Waals surface area contributed by atoms with Crippen molar-refractivity contribution in [2.45, 2.75) is 40.2 Å². The number of anilines is 3. The van der Waals surface area contributed by atoms with Crippen molar-refractivity contribution in [2.75, 3.05) is 17.7 Å². The Balaban J connectivity index is 1.77. The highest BCUT2D eigenvalue weighted by Gasteiger charge is 2.30. The van der Waals surface area contributed by atoms with Crippen molar-refractivity contribution >= 4 is 40.0 Å².